The number of hydrogen-bond donors (Lipinski definition) is 0. The molecule has 0 atom stereocenters. The number of aryl methyl sites for hydroxylation is 2. The maximum Gasteiger partial charge on any atom is 0.0740 e. The highest BCUT2D eigenvalue weighted by Crippen LogP contribution is 2.29. The summed E-state index contributed by atoms with van der Waals surface area (Å²) in [5.74, 6) is 0. The van der Waals surface area contributed by atoms with Gasteiger partial charge in [-0.2, -0.15) is 0 Å². The van der Waals surface area contributed by atoms with Gasteiger partial charge in [0.25, 0.3) is 0 Å². The highest BCUT2D eigenvalue weighted by molar-refractivity contribution is 5.91. The van der Waals surface area contributed by atoms with Crippen LogP contribution in [0.2, 0.25) is 0 Å². The molecule has 0 aliphatic carbocycles. The second-order valence-electron chi connectivity index (χ2n) is 4.58. The van der Waals surface area contributed by atoms with E-state index in [1.165, 1.54) is 21.9 Å². The van der Waals surface area contributed by atoms with E-state index in [9.17, 15) is 0 Å². The van der Waals surface area contributed by atoms with E-state index in [2.05, 4.69) is 62.4 Å². The Morgan fingerprint density at radius 2 is 1.33 bits per heavy atom. The highest BCUT2D eigenvalue weighted by atomic mass is 14.7. The van der Waals surface area contributed by atoms with Gasteiger partial charge in [-0.3, -0.25) is 4.98 Å². The molecule has 0 spiro atoms. The number of benzene rings is 2. The summed E-state index contributed by atoms with van der Waals surface area (Å²) in [6, 6.07) is 18.8. The molecule has 0 saturated carbocycles. The van der Waals surface area contributed by atoms with Crippen molar-refractivity contribution in [3.8, 4) is 11.3 Å². The van der Waals surface area contributed by atoms with Crippen LogP contribution in [-0.2, 0) is 0 Å². The van der Waals surface area contributed by atoms with Gasteiger partial charge in [-0.1, -0.05) is 54.6 Å². The van der Waals surface area contributed by atoms with E-state index in [0.717, 1.165) is 11.4 Å². The molecule has 0 aliphatic rings. The summed E-state index contributed by atoms with van der Waals surface area (Å²) < 4.78 is 0. The smallest absolute Gasteiger partial charge is 0.0740 e. The van der Waals surface area contributed by atoms with Crippen LogP contribution >= 0.6 is 0 Å². The molecule has 3 aromatic rings. The number of nitrogens with zero attached hydrogens (tertiary/aromatic N) is 1. The van der Waals surface area contributed by atoms with Crippen molar-refractivity contribution >= 4 is 10.8 Å². The standard InChI is InChI=1S/C17H15N/c1-12-15-10-6-7-11-16(15)13(2)18-17(12)14-8-4-3-5-9-14/h3-11H,1-2H3. The molecule has 0 radical (unpaired) electrons. The van der Waals surface area contributed by atoms with Crippen LogP contribution in [0.15, 0.2) is 54.6 Å². The number of aromatic nitrogens is 1. The summed E-state index contributed by atoms with van der Waals surface area (Å²) >= 11 is 0. The minimum Gasteiger partial charge on any atom is -0.252 e. The summed E-state index contributed by atoms with van der Waals surface area (Å²) in [6.45, 7) is 4.23. The first-order chi connectivity index (χ1) is 8.77. The van der Waals surface area contributed by atoms with Crippen LogP contribution in [-0.4, -0.2) is 4.98 Å². The monoisotopic (exact) mass is 233 g/mol. The quantitative estimate of drug-likeness (QED) is 0.602. The molecular weight excluding hydrogens is 218 g/mol. The highest BCUT2D eigenvalue weighted by Gasteiger charge is 2.09. The van der Waals surface area contributed by atoms with Crippen molar-refractivity contribution in [2.45, 2.75) is 13.8 Å². The molecule has 0 fully saturated rings. The molecule has 3 rings (SSSR count). The van der Waals surface area contributed by atoms with Crippen LogP contribution in [0.3, 0.4) is 0 Å². The Bertz CT molecular complexity index is 699. The molecule has 2 aromatic carbocycles. The molecule has 18 heavy (non-hydrogen) atoms. The van der Waals surface area contributed by atoms with Crippen molar-refractivity contribution in [3.63, 3.8) is 0 Å². The molecule has 0 amide bonds. The van der Waals surface area contributed by atoms with E-state index in [0.29, 0.717) is 0 Å². The maximum absolute atomic E-state index is 4.77. The SMILES string of the molecule is Cc1nc(-c2ccccc2)c(C)c2ccccc12. The minimum absolute atomic E-state index is 1.09. The molecule has 0 aliphatic heterocycles. The Balaban J connectivity index is 2.35. The van der Waals surface area contributed by atoms with Gasteiger partial charge < -0.3 is 0 Å². The van der Waals surface area contributed by atoms with Gasteiger partial charge in [0.1, 0.15) is 0 Å². The molecular formula is C17H15N. The first-order valence-electron chi connectivity index (χ1n) is 6.19. The fourth-order valence-electron chi connectivity index (χ4n) is 2.44. The lowest BCUT2D eigenvalue weighted by Crippen LogP contribution is -1.94. The fourth-order valence-corrected chi connectivity index (χ4v) is 2.44. The average Bonchev–Trinajstić information content (AvgIpc) is 2.44. The van der Waals surface area contributed by atoms with Crippen LogP contribution < -0.4 is 0 Å². The summed E-state index contributed by atoms with van der Waals surface area (Å²) in [7, 11) is 0. The van der Waals surface area contributed by atoms with Crippen molar-refractivity contribution < 1.29 is 0 Å². The number of hydrogen-bond acceptors (Lipinski definition) is 1. The van der Waals surface area contributed by atoms with Crippen molar-refractivity contribution in [1.82, 2.24) is 4.98 Å². The molecule has 0 saturated heterocycles. The number of rotatable bonds is 1. The molecule has 1 heterocycles. The fraction of sp³-hybridized carbons (Fsp3) is 0.118. The van der Waals surface area contributed by atoms with Gasteiger partial charge in [0.05, 0.1) is 5.69 Å². The van der Waals surface area contributed by atoms with E-state index < -0.39 is 0 Å². The molecule has 88 valence electrons. The summed E-state index contributed by atoms with van der Waals surface area (Å²) in [5, 5.41) is 2.54. The second-order valence-corrected chi connectivity index (χ2v) is 4.58. The third-order valence-electron chi connectivity index (χ3n) is 3.40. The van der Waals surface area contributed by atoms with E-state index in [-0.39, 0.29) is 0 Å². The van der Waals surface area contributed by atoms with Gasteiger partial charge in [-0.15, -0.1) is 0 Å². The van der Waals surface area contributed by atoms with E-state index in [1.54, 1.807) is 0 Å². The van der Waals surface area contributed by atoms with Gasteiger partial charge in [0.15, 0.2) is 0 Å². The van der Waals surface area contributed by atoms with Crippen molar-refractivity contribution in [2.75, 3.05) is 0 Å². The summed E-state index contributed by atoms with van der Waals surface area (Å²) in [4.78, 5) is 4.77. The summed E-state index contributed by atoms with van der Waals surface area (Å²) in [6.07, 6.45) is 0. The molecule has 0 bridgehead atoms. The van der Waals surface area contributed by atoms with Crippen molar-refractivity contribution in [2.24, 2.45) is 0 Å². The van der Waals surface area contributed by atoms with Crippen molar-refractivity contribution in [1.29, 1.82) is 0 Å². The molecule has 1 nitrogen and oxygen atoms in total. The average molecular weight is 233 g/mol. The van der Waals surface area contributed by atoms with Crippen LogP contribution in [0.5, 0.6) is 0 Å². The van der Waals surface area contributed by atoms with Gasteiger partial charge in [-0.05, 0) is 24.8 Å². The normalized spacial score (nSPS) is 10.8. The molecule has 1 heteroatoms. The van der Waals surface area contributed by atoms with Gasteiger partial charge in [-0.25, -0.2) is 0 Å². The zero-order valence-electron chi connectivity index (χ0n) is 10.6. The topological polar surface area (TPSA) is 12.9 Å². The van der Waals surface area contributed by atoms with E-state index in [1.807, 2.05) is 6.07 Å². The Morgan fingerprint density at radius 3 is 2.06 bits per heavy atom. The predicted molar refractivity (Wildman–Crippen MR) is 76.7 cm³/mol. The first kappa shape index (κ1) is 11.0. The minimum atomic E-state index is 1.09. The lowest BCUT2D eigenvalue weighted by Gasteiger charge is -2.11. The zero-order valence-corrected chi connectivity index (χ0v) is 10.6. The number of pyridine rings is 1. The lowest BCUT2D eigenvalue weighted by molar-refractivity contribution is 1.21. The Kier molecular flexibility index (Phi) is 2.60. The molecule has 1 aromatic heterocycles. The zero-order chi connectivity index (χ0) is 12.5. The molecule has 0 unspecified atom stereocenters. The van der Waals surface area contributed by atoms with Gasteiger partial charge in [0, 0.05) is 16.6 Å². The van der Waals surface area contributed by atoms with E-state index >= 15 is 0 Å². The van der Waals surface area contributed by atoms with Crippen molar-refractivity contribution in [3.05, 3.63) is 65.9 Å². The van der Waals surface area contributed by atoms with Crippen LogP contribution in [0, 0.1) is 13.8 Å². The number of fused-ring (bicyclic) bond motifs is 1. The third-order valence-corrected chi connectivity index (χ3v) is 3.40. The molecule has 0 N–H and O–H groups in total. The third kappa shape index (κ3) is 1.68. The van der Waals surface area contributed by atoms with Gasteiger partial charge >= 0.3 is 0 Å². The predicted octanol–water partition coefficient (Wildman–Crippen LogP) is 4.52. The first-order valence-corrected chi connectivity index (χ1v) is 6.19. The van der Waals surface area contributed by atoms with Crippen LogP contribution in [0.1, 0.15) is 11.3 Å². The largest absolute Gasteiger partial charge is 0.252 e. The Morgan fingerprint density at radius 1 is 0.722 bits per heavy atom. The van der Waals surface area contributed by atoms with Crippen LogP contribution in [0.4, 0.5) is 0 Å². The maximum atomic E-state index is 4.77. The van der Waals surface area contributed by atoms with Gasteiger partial charge in [0.2, 0.25) is 0 Å². The second kappa shape index (κ2) is 4.26. The lowest BCUT2D eigenvalue weighted by atomic mass is 9.99. The Hall–Kier alpha value is -2.15. The van der Waals surface area contributed by atoms with Crippen LogP contribution in [0.25, 0.3) is 22.0 Å². The summed E-state index contributed by atoms with van der Waals surface area (Å²) in [5.41, 5.74) is 4.62. The Labute approximate surface area is 107 Å². The van der Waals surface area contributed by atoms with E-state index in [4.69, 9.17) is 4.98 Å².